The summed E-state index contributed by atoms with van der Waals surface area (Å²) in [5.74, 6) is 0.727. The SMILES string of the molecule is CCC(C)(O)c1ccc(Oc2nc3ccccc3s2)cc1. The second-order valence-electron chi connectivity index (χ2n) is 5.20. The monoisotopic (exact) mass is 299 g/mol. The van der Waals surface area contributed by atoms with Gasteiger partial charge in [0.15, 0.2) is 0 Å². The van der Waals surface area contributed by atoms with Gasteiger partial charge in [0.25, 0.3) is 5.19 Å². The Morgan fingerprint density at radius 2 is 1.86 bits per heavy atom. The molecule has 1 N–H and O–H groups in total. The van der Waals surface area contributed by atoms with Gasteiger partial charge in [-0.05, 0) is 43.2 Å². The summed E-state index contributed by atoms with van der Waals surface area (Å²) in [7, 11) is 0. The molecule has 3 nitrogen and oxygen atoms in total. The quantitative estimate of drug-likeness (QED) is 0.759. The molecule has 0 saturated heterocycles. The predicted molar refractivity (Wildman–Crippen MR) is 86.0 cm³/mol. The number of hydrogen-bond donors (Lipinski definition) is 1. The summed E-state index contributed by atoms with van der Waals surface area (Å²) in [5.41, 5.74) is 1.04. The molecule has 0 radical (unpaired) electrons. The van der Waals surface area contributed by atoms with Crippen LogP contribution in [0.15, 0.2) is 48.5 Å². The molecule has 1 heterocycles. The largest absolute Gasteiger partial charge is 0.431 e. The van der Waals surface area contributed by atoms with E-state index in [-0.39, 0.29) is 0 Å². The van der Waals surface area contributed by atoms with Crippen LogP contribution in [0, 0.1) is 0 Å². The zero-order valence-electron chi connectivity index (χ0n) is 12.0. The van der Waals surface area contributed by atoms with Crippen molar-refractivity contribution in [2.75, 3.05) is 0 Å². The maximum atomic E-state index is 10.2. The van der Waals surface area contributed by atoms with Crippen molar-refractivity contribution >= 4 is 21.6 Å². The van der Waals surface area contributed by atoms with Crippen molar-refractivity contribution in [2.45, 2.75) is 25.9 Å². The zero-order chi connectivity index (χ0) is 14.9. The number of para-hydroxylation sites is 1. The van der Waals surface area contributed by atoms with E-state index in [1.807, 2.05) is 62.4 Å². The summed E-state index contributed by atoms with van der Waals surface area (Å²) >= 11 is 1.52. The summed E-state index contributed by atoms with van der Waals surface area (Å²) in [4.78, 5) is 4.44. The number of ether oxygens (including phenoxy) is 1. The van der Waals surface area contributed by atoms with Gasteiger partial charge in [0.1, 0.15) is 5.75 Å². The van der Waals surface area contributed by atoms with E-state index in [0.717, 1.165) is 21.5 Å². The van der Waals surface area contributed by atoms with Crippen LogP contribution in [-0.4, -0.2) is 10.1 Å². The lowest BCUT2D eigenvalue weighted by Crippen LogP contribution is -2.19. The van der Waals surface area contributed by atoms with Crippen LogP contribution in [0.1, 0.15) is 25.8 Å². The number of nitrogens with zero attached hydrogens (tertiary/aromatic N) is 1. The molecule has 3 aromatic rings. The van der Waals surface area contributed by atoms with Gasteiger partial charge in [-0.3, -0.25) is 0 Å². The van der Waals surface area contributed by atoms with E-state index >= 15 is 0 Å². The summed E-state index contributed by atoms with van der Waals surface area (Å²) in [6, 6.07) is 15.5. The molecular formula is C17H17NO2S. The third-order valence-electron chi connectivity index (χ3n) is 3.64. The lowest BCUT2D eigenvalue weighted by molar-refractivity contribution is 0.0530. The fourth-order valence-corrected chi connectivity index (χ4v) is 2.92. The van der Waals surface area contributed by atoms with Gasteiger partial charge in [-0.2, -0.15) is 0 Å². The number of hydrogen-bond acceptors (Lipinski definition) is 4. The first-order valence-corrected chi connectivity index (χ1v) is 7.76. The molecule has 0 spiro atoms. The Bertz CT molecular complexity index is 714. The van der Waals surface area contributed by atoms with Crippen molar-refractivity contribution in [3.8, 4) is 10.9 Å². The maximum Gasteiger partial charge on any atom is 0.279 e. The van der Waals surface area contributed by atoms with Gasteiger partial charge >= 0.3 is 0 Å². The van der Waals surface area contributed by atoms with Crippen molar-refractivity contribution in [1.82, 2.24) is 4.98 Å². The summed E-state index contributed by atoms with van der Waals surface area (Å²) in [5, 5.41) is 10.9. The van der Waals surface area contributed by atoms with Crippen LogP contribution in [0.5, 0.6) is 10.9 Å². The molecule has 0 amide bonds. The van der Waals surface area contributed by atoms with E-state index in [2.05, 4.69) is 4.98 Å². The summed E-state index contributed by atoms with van der Waals surface area (Å²) in [6.07, 6.45) is 0.672. The Morgan fingerprint density at radius 3 is 2.52 bits per heavy atom. The smallest absolute Gasteiger partial charge is 0.279 e. The Hall–Kier alpha value is -1.91. The molecule has 0 bridgehead atoms. The molecule has 108 valence electrons. The number of aliphatic hydroxyl groups is 1. The van der Waals surface area contributed by atoms with Gasteiger partial charge in [0.2, 0.25) is 0 Å². The highest BCUT2D eigenvalue weighted by molar-refractivity contribution is 7.20. The zero-order valence-corrected chi connectivity index (χ0v) is 12.9. The molecule has 0 fully saturated rings. The first kappa shape index (κ1) is 14.0. The highest BCUT2D eigenvalue weighted by atomic mass is 32.1. The minimum atomic E-state index is -0.797. The van der Waals surface area contributed by atoms with E-state index in [9.17, 15) is 5.11 Å². The molecule has 1 atom stereocenters. The van der Waals surface area contributed by atoms with E-state index in [1.165, 1.54) is 11.3 Å². The van der Waals surface area contributed by atoms with Crippen molar-refractivity contribution in [2.24, 2.45) is 0 Å². The van der Waals surface area contributed by atoms with Crippen LogP contribution in [0.4, 0.5) is 0 Å². The second-order valence-corrected chi connectivity index (χ2v) is 6.19. The van der Waals surface area contributed by atoms with E-state index in [0.29, 0.717) is 11.6 Å². The maximum absolute atomic E-state index is 10.2. The number of benzene rings is 2. The topological polar surface area (TPSA) is 42.4 Å². The highest BCUT2D eigenvalue weighted by Gasteiger charge is 2.20. The Kier molecular flexibility index (Phi) is 3.66. The standard InChI is InChI=1S/C17H17NO2S/c1-3-17(2,19)12-8-10-13(11-9-12)20-16-18-14-6-4-5-7-15(14)21-16/h4-11,19H,3H2,1-2H3. The average molecular weight is 299 g/mol. The van der Waals surface area contributed by atoms with Crippen molar-refractivity contribution < 1.29 is 9.84 Å². The third kappa shape index (κ3) is 2.91. The van der Waals surface area contributed by atoms with Crippen LogP contribution in [-0.2, 0) is 5.60 Å². The third-order valence-corrected chi connectivity index (χ3v) is 4.56. The van der Waals surface area contributed by atoms with Gasteiger partial charge in [0, 0.05) is 0 Å². The van der Waals surface area contributed by atoms with Gasteiger partial charge in [-0.1, -0.05) is 42.5 Å². The van der Waals surface area contributed by atoms with Crippen molar-refractivity contribution in [3.05, 3.63) is 54.1 Å². The number of aromatic nitrogens is 1. The fourth-order valence-electron chi connectivity index (χ4n) is 2.08. The molecule has 1 unspecified atom stereocenters. The number of thiazole rings is 1. The van der Waals surface area contributed by atoms with Crippen molar-refractivity contribution in [1.29, 1.82) is 0 Å². The molecule has 0 saturated carbocycles. The molecule has 0 aliphatic rings. The first-order valence-electron chi connectivity index (χ1n) is 6.95. The number of rotatable bonds is 4. The van der Waals surface area contributed by atoms with E-state index in [1.54, 1.807) is 0 Å². The van der Waals surface area contributed by atoms with Crippen LogP contribution in [0.3, 0.4) is 0 Å². The normalized spacial score (nSPS) is 14.0. The summed E-state index contributed by atoms with van der Waals surface area (Å²) < 4.78 is 6.90. The Balaban J connectivity index is 1.82. The lowest BCUT2D eigenvalue weighted by atomic mass is 9.93. The average Bonchev–Trinajstić information content (AvgIpc) is 2.90. The van der Waals surface area contributed by atoms with Crippen LogP contribution in [0.25, 0.3) is 10.2 Å². The Labute approximate surface area is 127 Å². The number of fused-ring (bicyclic) bond motifs is 1. The first-order chi connectivity index (χ1) is 10.1. The molecule has 4 heteroatoms. The predicted octanol–water partition coefficient (Wildman–Crippen LogP) is 4.71. The highest BCUT2D eigenvalue weighted by Crippen LogP contribution is 2.32. The molecule has 3 rings (SSSR count). The molecule has 21 heavy (non-hydrogen) atoms. The van der Waals surface area contributed by atoms with Crippen molar-refractivity contribution in [3.63, 3.8) is 0 Å². The minimum absolute atomic E-state index is 0.631. The van der Waals surface area contributed by atoms with E-state index in [4.69, 9.17) is 4.74 Å². The molecule has 2 aromatic carbocycles. The van der Waals surface area contributed by atoms with Gasteiger partial charge in [0.05, 0.1) is 15.8 Å². The molecule has 0 aliphatic carbocycles. The van der Waals surface area contributed by atoms with Gasteiger partial charge in [-0.15, -0.1) is 0 Å². The minimum Gasteiger partial charge on any atom is -0.431 e. The molecule has 1 aromatic heterocycles. The summed E-state index contributed by atoms with van der Waals surface area (Å²) in [6.45, 7) is 3.78. The van der Waals surface area contributed by atoms with E-state index < -0.39 is 5.60 Å². The Morgan fingerprint density at radius 1 is 1.14 bits per heavy atom. The molecule has 0 aliphatic heterocycles. The van der Waals surface area contributed by atoms with Gasteiger partial charge in [-0.25, -0.2) is 4.98 Å². The van der Waals surface area contributed by atoms with Crippen LogP contribution < -0.4 is 4.74 Å². The van der Waals surface area contributed by atoms with Gasteiger partial charge < -0.3 is 9.84 Å². The lowest BCUT2D eigenvalue weighted by Gasteiger charge is -2.21. The second kappa shape index (κ2) is 5.47. The van der Waals surface area contributed by atoms with Crippen LogP contribution in [0.2, 0.25) is 0 Å². The molecular weight excluding hydrogens is 282 g/mol. The van der Waals surface area contributed by atoms with Crippen LogP contribution >= 0.6 is 11.3 Å². The fraction of sp³-hybridized carbons (Fsp3) is 0.235.